The number of carbonyl (C=O) groups is 2. The summed E-state index contributed by atoms with van der Waals surface area (Å²) in [6.07, 6.45) is 2.63. The van der Waals surface area contributed by atoms with Crippen LogP contribution in [0.1, 0.15) is 32.8 Å². The minimum atomic E-state index is -0.700. The number of methoxy groups -OCH3 is 1. The number of nitrogens with zero attached hydrogens (tertiary/aromatic N) is 2. The van der Waals surface area contributed by atoms with Crippen molar-refractivity contribution < 1.29 is 19.1 Å². The largest absolute Gasteiger partial charge is 0.467 e. The molecule has 0 aliphatic carbocycles. The number of aromatic nitrogens is 1. The fourth-order valence-electron chi connectivity index (χ4n) is 2.98. The van der Waals surface area contributed by atoms with Crippen molar-refractivity contribution in [1.29, 1.82) is 0 Å². The minimum absolute atomic E-state index is 0.446. The van der Waals surface area contributed by atoms with E-state index in [2.05, 4.69) is 22.9 Å². The summed E-state index contributed by atoms with van der Waals surface area (Å²) in [5.41, 5.74) is 1.65. The lowest BCUT2D eigenvalue weighted by Crippen LogP contribution is -2.45. The van der Waals surface area contributed by atoms with Gasteiger partial charge < -0.3 is 14.0 Å². The second kappa shape index (κ2) is 7.81. The number of aryl methyl sites for hydroxylation is 2. The molecule has 0 bridgehead atoms. The van der Waals surface area contributed by atoms with E-state index in [1.165, 1.54) is 12.0 Å². The summed E-state index contributed by atoms with van der Waals surface area (Å²) in [5, 5.41) is 1.15. The number of hydrogen-bond acceptors (Lipinski definition) is 4. The first-order valence-electron chi connectivity index (χ1n) is 8.70. The van der Waals surface area contributed by atoms with Crippen molar-refractivity contribution in [2.24, 2.45) is 7.05 Å². The molecule has 0 spiro atoms. The summed E-state index contributed by atoms with van der Waals surface area (Å²) in [7, 11) is 4.89. The Morgan fingerprint density at radius 1 is 1.23 bits per heavy atom. The molecule has 6 heteroatoms. The van der Waals surface area contributed by atoms with Crippen LogP contribution in [0.3, 0.4) is 0 Å². The maximum absolute atomic E-state index is 12.3. The Kier molecular flexibility index (Phi) is 5.95. The van der Waals surface area contributed by atoms with Crippen molar-refractivity contribution in [3.05, 3.63) is 36.0 Å². The van der Waals surface area contributed by atoms with Gasteiger partial charge in [0, 0.05) is 31.2 Å². The predicted octanol–water partition coefficient (Wildman–Crippen LogP) is 3.52. The number of para-hydroxylation sites is 1. The van der Waals surface area contributed by atoms with Gasteiger partial charge in [-0.15, -0.1) is 0 Å². The van der Waals surface area contributed by atoms with Gasteiger partial charge in [0.2, 0.25) is 0 Å². The second-order valence-corrected chi connectivity index (χ2v) is 7.45. The molecule has 142 valence electrons. The molecule has 0 N–H and O–H groups in total. The topological polar surface area (TPSA) is 60.8 Å². The summed E-state index contributed by atoms with van der Waals surface area (Å²) in [5.74, 6) is -0.446. The highest BCUT2D eigenvalue weighted by atomic mass is 16.6. The summed E-state index contributed by atoms with van der Waals surface area (Å²) >= 11 is 0. The van der Waals surface area contributed by atoms with Crippen molar-refractivity contribution in [1.82, 2.24) is 9.47 Å². The molecule has 2 aromatic rings. The highest BCUT2D eigenvalue weighted by Gasteiger charge is 2.31. The van der Waals surface area contributed by atoms with Crippen molar-refractivity contribution in [2.45, 2.75) is 45.3 Å². The van der Waals surface area contributed by atoms with E-state index in [-0.39, 0.29) is 0 Å². The molecule has 0 radical (unpaired) electrons. The Labute approximate surface area is 154 Å². The molecule has 0 aliphatic rings. The zero-order valence-corrected chi connectivity index (χ0v) is 16.4. The first-order valence-corrected chi connectivity index (χ1v) is 8.70. The van der Waals surface area contributed by atoms with Gasteiger partial charge in [0.15, 0.2) is 0 Å². The number of benzene rings is 1. The average molecular weight is 360 g/mol. The number of rotatable bonds is 5. The Morgan fingerprint density at radius 2 is 1.88 bits per heavy atom. The molecule has 0 aliphatic heterocycles. The highest BCUT2D eigenvalue weighted by Crippen LogP contribution is 2.23. The van der Waals surface area contributed by atoms with E-state index in [1.54, 1.807) is 27.8 Å². The molecule has 0 fully saturated rings. The van der Waals surface area contributed by atoms with Gasteiger partial charge in [0.05, 0.1) is 7.11 Å². The highest BCUT2D eigenvalue weighted by molar-refractivity contribution is 5.84. The molecule has 1 amide bonds. The molecule has 1 unspecified atom stereocenters. The number of amides is 1. The predicted molar refractivity (Wildman–Crippen MR) is 101 cm³/mol. The molecule has 1 aromatic heterocycles. The average Bonchev–Trinajstić information content (AvgIpc) is 2.89. The SMILES string of the molecule is COC(=O)C(CCc1cn(C)c2ccccc12)N(C)C(=O)OC(C)(C)C. The van der Waals surface area contributed by atoms with Crippen LogP contribution in [0, 0.1) is 0 Å². The Hall–Kier alpha value is -2.50. The van der Waals surface area contributed by atoms with Crippen molar-refractivity contribution in [3.63, 3.8) is 0 Å². The molecular weight excluding hydrogens is 332 g/mol. The molecule has 1 heterocycles. The minimum Gasteiger partial charge on any atom is -0.467 e. The summed E-state index contributed by atoms with van der Waals surface area (Å²) in [6.45, 7) is 5.38. The van der Waals surface area contributed by atoms with E-state index >= 15 is 0 Å². The third kappa shape index (κ3) is 4.56. The third-order valence-corrected chi connectivity index (χ3v) is 4.29. The number of esters is 1. The van der Waals surface area contributed by atoms with E-state index in [0.29, 0.717) is 12.8 Å². The monoisotopic (exact) mass is 360 g/mol. The van der Waals surface area contributed by atoms with E-state index in [1.807, 2.05) is 19.2 Å². The lowest BCUT2D eigenvalue weighted by atomic mass is 10.0. The lowest BCUT2D eigenvalue weighted by Gasteiger charge is -2.29. The van der Waals surface area contributed by atoms with Gasteiger partial charge in [0.1, 0.15) is 11.6 Å². The zero-order valence-electron chi connectivity index (χ0n) is 16.4. The van der Waals surface area contributed by atoms with E-state index in [4.69, 9.17) is 9.47 Å². The van der Waals surface area contributed by atoms with E-state index in [0.717, 1.165) is 16.5 Å². The zero-order chi connectivity index (χ0) is 19.5. The van der Waals surface area contributed by atoms with Crippen molar-refractivity contribution >= 4 is 23.0 Å². The van der Waals surface area contributed by atoms with Gasteiger partial charge in [-0.1, -0.05) is 18.2 Å². The van der Waals surface area contributed by atoms with Gasteiger partial charge >= 0.3 is 12.1 Å². The molecule has 2 rings (SSSR count). The lowest BCUT2D eigenvalue weighted by molar-refractivity contribution is -0.146. The number of likely N-dealkylation sites (N-methyl/N-ethyl adjacent to an activating group) is 1. The van der Waals surface area contributed by atoms with Crippen LogP contribution in [-0.4, -0.2) is 47.3 Å². The molecule has 6 nitrogen and oxygen atoms in total. The van der Waals surface area contributed by atoms with Gasteiger partial charge in [-0.25, -0.2) is 9.59 Å². The van der Waals surface area contributed by atoms with E-state index < -0.39 is 23.7 Å². The van der Waals surface area contributed by atoms with Crippen LogP contribution >= 0.6 is 0 Å². The van der Waals surface area contributed by atoms with Crippen LogP contribution < -0.4 is 0 Å². The molecule has 0 saturated heterocycles. The fourth-order valence-corrected chi connectivity index (χ4v) is 2.98. The van der Waals surface area contributed by atoms with E-state index in [9.17, 15) is 9.59 Å². The second-order valence-electron chi connectivity index (χ2n) is 7.45. The first kappa shape index (κ1) is 19.8. The number of carbonyl (C=O) groups excluding carboxylic acids is 2. The normalized spacial score (nSPS) is 12.7. The van der Waals surface area contributed by atoms with Gasteiger partial charge in [-0.05, 0) is 45.2 Å². The van der Waals surface area contributed by atoms with Crippen molar-refractivity contribution in [2.75, 3.05) is 14.2 Å². The molecule has 0 saturated carbocycles. The molecule has 1 aromatic carbocycles. The number of fused-ring (bicyclic) bond motifs is 1. The van der Waals surface area contributed by atoms with Crippen LogP contribution in [0.5, 0.6) is 0 Å². The van der Waals surface area contributed by atoms with Gasteiger partial charge in [-0.3, -0.25) is 4.90 Å². The standard InChI is InChI=1S/C20H28N2O4/c1-20(2,3)26-19(24)22(5)17(18(23)25-6)12-11-14-13-21(4)16-10-8-7-9-15(14)16/h7-10,13,17H,11-12H2,1-6H3. The third-order valence-electron chi connectivity index (χ3n) is 4.29. The van der Waals surface area contributed by atoms with Gasteiger partial charge in [-0.2, -0.15) is 0 Å². The molecule has 1 atom stereocenters. The van der Waals surface area contributed by atoms with Crippen LogP contribution in [0.25, 0.3) is 10.9 Å². The summed E-state index contributed by atoms with van der Waals surface area (Å²) < 4.78 is 12.3. The first-order chi connectivity index (χ1) is 12.1. The van der Waals surface area contributed by atoms with Crippen LogP contribution in [0.15, 0.2) is 30.5 Å². The maximum atomic E-state index is 12.3. The summed E-state index contributed by atoms with van der Waals surface area (Å²) in [4.78, 5) is 25.9. The Morgan fingerprint density at radius 3 is 2.50 bits per heavy atom. The smallest absolute Gasteiger partial charge is 0.410 e. The quantitative estimate of drug-likeness (QED) is 0.766. The van der Waals surface area contributed by atoms with Crippen LogP contribution in [0.4, 0.5) is 4.79 Å². The molecular formula is C20H28N2O4. The summed E-state index contributed by atoms with van der Waals surface area (Å²) in [6, 6.07) is 7.42. The number of hydrogen-bond donors (Lipinski definition) is 0. The fraction of sp³-hybridized carbons (Fsp3) is 0.500. The molecule has 26 heavy (non-hydrogen) atoms. The maximum Gasteiger partial charge on any atom is 0.410 e. The Balaban J connectivity index is 2.17. The van der Waals surface area contributed by atoms with Crippen LogP contribution in [0.2, 0.25) is 0 Å². The van der Waals surface area contributed by atoms with Gasteiger partial charge in [0.25, 0.3) is 0 Å². The Bertz CT molecular complexity index is 789. The number of ether oxygens (including phenoxy) is 2. The van der Waals surface area contributed by atoms with Crippen LogP contribution in [-0.2, 0) is 27.7 Å². The van der Waals surface area contributed by atoms with Crippen molar-refractivity contribution in [3.8, 4) is 0 Å².